The summed E-state index contributed by atoms with van der Waals surface area (Å²) in [4.78, 5) is 40.1. The van der Waals surface area contributed by atoms with E-state index in [2.05, 4.69) is 31.5 Å². The summed E-state index contributed by atoms with van der Waals surface area (Å²) in [7, 11) is 0. The monoisotopic (exact) mass is 423 g/mol. The molecule has 0 atom stereocenters. The van der Waals surface area contributed by atoms with Crippen molar-refractivity contribution in [3.63, 3.8) is 0 Å². The van der Waals surface area contributed by atoms with Gasteiger partial charge in [0.15, 0.2) is 10.9 Å². The van der Waals surface area contributed by atoms with Gasteiger partial charge in [0.2, 0.25) is 5.91 Å². The number of Topliss-reactive ketones (excluding diaryl/α,β-unsaturated/α-hetero) is 1. The number of aromatic nitrogens is 1. The summed E-state index contributed by atoms with van der Waals surface area (Å²) in [6.45, 7) is 6.85. The van der Waals surface area contributed by atoms with E-state index in [1.54, 1.807) is 31.4 Å². The number of carbonyl (C=O) groups is 3. The summed E-state index contributed by atoms with van der Waals surface area (Å²) in [5.74, 6) is -0.946. The molecular formula is C17H18BrN3O3S. The minimum Gasteiger partial charge on any atom is -0.319 e. The first-order chi connectivity index (χ1) is 11.7. The zero-order valence-electron chi connectivity index (χ0n) is 14.3. The molecule has 0 radical (unpaired) electrons. The number of halogens is 1. The van der Waals surface area contributed by atoms with Gasteiger partial charge in [0.1, 0.15) is 5.69 Å². The molecule has 6 nitrogen and oxygen atoms in total. The number of carbonyl (C=O) groups excluding carboxylic acids is 3. The minimum absolute atomic E-state index is 0.154. The van der Waals surface area contributed by atoms with E-state index >= 15 is 0 Å². The number of hydrogen-bond acceptors (Lipinski definition) is 5. The van der Waals surface area contributed by atoms with Gasteiger partial charge >= 0.3 is 0 Å². The van der Waals surface area contributed by atoms with Crippen molar-refractivity contribution in [2.24, 2.45) is 5.92 Å². The second-order valence-corrected chi connectivity index (χ2v) is 7.46. The van der Waals surface area contributed by atoms with Crippen LogP contribution in [0, 0.1) is 12.8 Å². The van der Waals surface area contributed by atoms with Crippen LogP contribution >= 0.6 is 27.3 Å². The molecule has 2 rings (SSSR count). The number of amides is 2. The van der Waals surface area contributed by atoms with E-state index in [1.165, 1.54) is 18.3 Å². The normalized spacial score (nSPS) is 10.6. The van der Waals surface area contributed by atoms with Crippen molar-refractivity contribution >= 4 is 55.7 Å². The highest BCUT2D eigenvalue weighted by Crippen LogP contribution is 2.31. The number of thiazole rings is 1. The van der Waals surface area contributed by atoms with Crippen LogP contribution in [0.5, 0.6) is 0 Å². The molecule has 0 unspecified atom stereocenters. The predicted molar refractivity (Wildman–Crippen MR) is 102 cm³/mol. The van der Waals surface area contributed by atoms with Gasteiger partial charge < -0.3 is 10.6 Å². The largest absolute Gasteiger partial charge is 0.319 e. The van der Waals surface area contributed by atoms with Gasteiger partial charge in [0.25, 0.3) is 5.91 Å². The number of nitrogens with zero attached hydrogens (tertiary/aromatic N) is 1. The lowest BCUT2D eigenvalue weighted by Gasteiger charge is -2.12. The fraction of sp³-hybridized carbons (Fsp3) is 0.294. The van der Waals surface area contributed by atoms with Crippen LogP contribution in [-0.2, 0) is 4.79 Å². The third-order valence-electron chi connectivity index (χ3n) is 3.44. The molecule has 0 aliphatic rings. The van der Waals surface area contributed by atoms with Crippen molar-refractivity contribution in [3.05, 3.63) is 38.8 Å². The fourth-order valence-electron chi connectivity index (χ4n) is 1.96. The van der Waals surface area contributed by atoms with Crippen LogP contribution in [0.15, 0.2) is 22.0 Å². The lowest BCUT2D eigenvalue weighted by molar-refractivity contribution is -0.118. The van der Waals surface area contributed by atoms with Gasteiger partial charge in [-0.05, 0) is 41.4 Å². The van der Waals surface area contributed by atoms with E-state index in [0.29, 0.717) is 20.9 Å². The Morgan fingerprint density at radius 3 is 2.48 bits per heavy atom. The molecule has 0 aliphatic heterocycles. The highest BCUT2D eigenvalue weighted by molar-refractivity contribution is 9.10. The Balaban J connectivity index is 2.24. The van der Waals surface area contributed by atoms with Crippen molar-refractivity contribution < 1.29 is 14.4 Å². The number of hydrogen-bond donors (Lipinski definition) is 2. The first-order valence-corrected chi connectivity index (χ1v) is 9.25. The molecule has 0 fully saturated rings. The lowest BCUT2D eigenvalue weighted by atomic mass is 10.1. The minimum atomic E-state index is -0.449. The van der Waals surface area contributed by atoms with Gasteiger partial charge in [-0.3, -0.25) is 14.4 Å². The molecule has 1 aromatic heterocycles. The summed E-state index contributed by atoms with van der Waals surface area (Å²) in [6.07, 6.45) is 0. The smallest absolute Gasteiger partial charge is 0.275 e. The van der Waals surface area contributed by atoms with Gasteiger partial charge in [0.05, 0.1) is 5.69 Å². The maximum atomic E-state index is 12.5. The highest BCUT2D eigenvalue weighted by Gasteiger charge is 2.18. The van der Waals surface area contributed by atoms with Crippen LogP contribution < -0.4 is 10.6 Å². The highest BCUT2D eigenvalue weighted by atomic mass is 79.9. The number of nitrogens with one attached hydrogen (secondary N) is 2. The number of anilines is 2. The second kappa shape index (κ2) is 7.88. The van der Waals surface area contributed by atoms with Gasteiger partial charge in [-0.25, -0.2) is 4.98 Å². The maximum absolute atomic E-state index is 12.5. The molecule has 0 aliphatic carbocycles. The summed E-state index contributed by atoms with van der Waals surface area (Å²) < 4.78 is 0.650. The van der Waals surface area contributed by atoms with Gasteiger partial charge in [0, 0.05) is 21.3 Å². The zero-order chi connectivity index (χ0) is 18.7. The van der Waals surface area contributed by atoms with Crippen molar-refractivity contribution in [1.29, 1.82) is 0 Å². The van der Waals surface area contributed by atoms with Crippen LogP contribution in [0.2, 0.25) is 0 Å². The van der Waals surface area contributed by atoms with Crippen LogP contribution in [0.3, 0.4) is 0 Å². The third-order valence-corrected chi connectivity index (χ3v) is 5.22. The van der Waals surface area contributed by atoms with E-state index < -0.39 is 5.91 Å². The van der Waals surface area contributed by atoms with E-state index in [4.69, 9.17) is 0 Å². The SMILES string of the molecule is CC(=O)c1ccc(C)c(Br)c1NC(=O)c1csc(NC(=O)C(C)C)n1. The number of rotatable bonds is 5. The molecule has 2 amide bonds. The molecule has 0 saturated carbocycles. The van der Waals surface area contributed by atoms with E-state index in [1.807, 2.05) is 6.92 Å². The quantitative estimate of drug-likeness (QED) is 0.702. The topological polar surface area (TPSA) is 88.2 Å². The first kappa shape index (κ1) is 19.3. The molecule has 132 valence electrons. The van der Waals surface area contributed by atoms with Crippen LogP contribution in [0.25, 0.3) is 0 Å². The third kappa shape index (κ3) is 4.52. The Kier molecular flexibility index (Phi) is 6.07. The average Bonchev–Trinajstić information content (AvgIpc) is 3.00. The molecule has 2 aromatic rings. The number of aryl methyl sites for hydroxylation is 1. The molecule has 25 heavy (non-hydrogen) atoms. The van der Waals surface area contributed by atoms with E-state index in [0.717, 1.165) is 5.56 Å². The summed E-state index contributed by atoms with van der Waals surface area (Å²) in [5, 5.41) is 7.31. The molecule has 0 bridgehead atoms. The number of benzene rings is 1. The van der Waals surface area contributed by atoms with Gasteiger partial charge in [-0.15, -0.1) is 11.3 Å². The number of ketones is 1. The standard InChI is InChI=1S/C17H18BrN3O3S/c1-8(2)15(23)21-17-19-12(7-25-17)16(24)20-14-11(10(4)22)6-5-9(3)13(14)18/h5-8H,1-4H3,(H,20,24)(H,19,21,23). The predicted octanol–water partition coefficient (Wildman–Crippen LogP) is 4.26. The van der Waals surface area contributed by atoms with Crippen molar-refractivity contribution in [3.8, 4) is 0 Å². The average molecular weight is 424 g/mol. The van der Waals surface area contributed by atoms with Crippen molar-refractivity contribution in [2.75, 3.05) is 10.6 Å². The lowest BCUT2D eigenvalue weighted by Crippen LogP contribution is -2.18. The Bertz CT molecular complexity index is 846. The van der Waals surface area contributed by atoms with Crippen LogP contribution in [0.4, 0.5) is 10.8 Å². The Morgan fingerprint density at radius 2 is 1.88 bits per heavy atom. The molecule has 0 spiro atoms. The molecule has 8 heteroatoms. The summed E-state index contributed by atoms with van der Waals surface area (Å²) in [5.41, 5.74) is 1.89. The van der Waals surface area contributed by atoms with E-state index in [9.17, 15) is 14.4 Å². The van der Waals surface area contributed by atoms with Gasteiger partial charge in [-0.1, -0.05) is 19.9 Å². The Morgan fingerprint density at radius 1 is 1.20 bits per heavy atom. The van der Waals surface area contributed by atoms with Gasteiger partial charge in [-0.2, -0.15) is 0 Å². The molecule has 0 saturated heterocycles. The molecule has 1 aromatic carbocycles. The van der Waals surface area contributed by atoms with Crippen LogP contribution in [-0.4, -0.2) is 22.6 Å². The zero-order valence-corrected chi connectivity index (χ0v) is 16.7. The van der Waals surface area contributed by atoms with Crippen molar-refractivity contribution in [2.45, 2.75) is 27.7 Å². The molecule has 2 N–H and O–H groups in total. The Labute approximate surface area is 158 Å². The summed E-state index contributed by atoms with van der Waals surface area (Å²) >= 11 is 4.58. The Hall–Kier alpha value is -2.06. The fourth-order valence-corrected chi connectivity index (χ4v) is 3.10. The maximum Gasteiger partial charge on any atom is 0.275 e. The molecular weight excluding hydrogens is 406 g/mol. The van der Waals surface area contributed by atoms with Crippen molar-refractivity contribution in [1.82, 2.24) is 4.98 Å². The second-order valence-electron chi connectivity index (χ2n) is 5.81. The molecule has 1 heterocycles. The van der Waals surface area contributed by atoms with E-state index in [-0.39, 0.29) is 23.3 Å². The first-order valence-electron chi connectivity index (χ1n) is 7.58. The summed E-state index contributed by atoms with van der Waals surface area (Å²) in [6, 6.07) is 3.48. The van der Waals surface area contributed by atoms with Crippen LogP contribution in [0.1, 0.15) is 47.2 Å².